The van der Waals surface area contributed by atoms with E-state index >= 15 is 0 Å². The van der Waals surface area contributed by atoms with E-state index in [4.69, 9.17) is 0 Å². The van der Waals surface area contributed by atoms with E-state index in [0.29, 0.717) is 6.07 Å². The normalized spacial score (nSPS) is 15.0. The smallest absolute Gasteiger partial charge is 0.223 e. The maximum atomic E-state index is 13.7. The van der Waals surface area contributed by atoms with E-state index in [1.165, 1.54) is 17.9 Å². The minimum absolute atomic E-state index is 0.123. The molecule has 1 aliphatic heterocycles. The van der Waals surface area contributed by atoms with Gasteiger partial charge in [-0.05, 0) is 56.3 Å². The Hall–Kier alpha value is -2.52. The van der Waals surface area contributed by atoms with Crippen LogP contribution in [0.2, 0.25) is 0 Å². The van der Waals surface area contributed by atoms with Crippen LogP contribution in [0.5, 0.6) is 0 Å². The fraction of sp³-hybridized carbons (Fsp3) is 0.381. The first kappa shape index (κ1) is 22.2. The summed E-state index contributed by atoms with van der Waals surface area (Å²) in [6.07, 6.45) is 0.939. The van der Waals surface area contributed by atoms with Gasteiger partial charge in [-0.25, -0.2) is 17.2 Å². The van der Waals surface area contributed by atoms with Crippen LogP contribution in [0.4, 0.5) is 20.2 Å². The van der Waals surface area contributed by atoms with Gasteiger partial charge in [0, 0.05) is 38.8 Å². The average Bonchev–Trinajstić information content (AvgIpc) is 2.99. The van der Waals surface area contributed by atoms with Crippen molar-refractivity contribution in [2.24, 2.45) is 0 Å². The van der Waals surface area contributed by atoms with E-state index in [2.05, 4.69) is 10.2 Å². The van der Waals surface area contributed by atoms with Crippen LogP contribution < -0.4 is 15.1 Å². The molecule has 0 aliphatic carbocycles. The van der Waals surface area contributed by atoms with E-state index in [9.17, 15) is 22.0 Å². The van der Waals surface area contributed by atoms with Crippen molar-refractivity contribution < 1.29 is 22.0 Å². The number of carbonyl (C=O) groups excluding carboxylic acids is 1. The van der Waals surface area contributed by atoms with Crippen molar-refractivity contribution in [3.63, 3.8) is 0 Å². The van der Waals surface area contributed by atoms with Crippen molar-refractivity contribution in [3.05, 3.63) is 48.0 Å². The standard InChI is InChI=1S/C21H25F2N3O3S/c1-3-26(15(2)27)20-13-16(25-11-4-9-24-10-12-25)5-8-21(20)30(28,29)17-6-7-18(22)19(23)14-17/h5-8,13-14,24H,3-4,9-12H2,1-2H3. The minimum atomic E-state index is -4.18. The SMILES string of the molecule is CCN(C(C)=O)c1cc(N2CCCNCC2)ccc1S(=O)(=O)c1ccc(F)c(F)c1. The summed E-state index contributed by atoms with van der Waals surface area (Å²) in [5, 5.41) is 3.31. The summed E-state index contributed by atoms with van der Waals surface area (Å²) in [7, 11) is -4.18. The number of sulfone groups is 1. The van der Waals surface area contributed by atoms with Crippen molar-refractivity contribution in [3.8, 4) is 0 Å². The lowest BCUT2D eigenvalue weighted by molar-refractivity contribution is -0.116. The Bertz CT molecular complexity index is 1040. The maximum Gasteiger partial charge on any atom is 0.223 e. The van der Waals surface area contributed by atoms with Gasteiger partial charge in [0.2, 0.25) is 15.7 Å². The van der Waals surface area contributed by atoms with Gasteiger partial charge in [-0.3, -0.25) is 4.79 Å². The molecule has 0 radical (unpaired) electrons. The maximum absolute atomic E-state index is 13.7. The molecule has 6 nitrogen and oxygen atoms in total. The highest BCUT2D eigenvalue weighted by Crippen LogP contribution is 2.34. The van der Waals surface area contributed by atoms with Crippen LogP contribution in [0.1, 0.15) is 20.3 Å². The topological polar surface area (TPSA) is 69.7 Å². The number of amides is 1. The van der Waals surface area contributed by atoms with Crippen LogP contribution in [0.15, 0.2) is 46.2 Å². The molecule has 3 rings (SSSR count). The Morgan fingerprint density at radius 3 is 2.53 bits per heavy atom. The summed E-state index contributed by atoms with van der Waals surface area (Å²) in [5.74, 6) is -2.68. The molecule has 0 unspecified atom stereocenters. The molecule has 2 aromatic rings. The third-order valence-corrected chi connectivity index (χ3v) is 6.92. The van der Waals surface area contributed by atoms with E-state index in [-0.39, 0.29) is 27.9 Å². The Kier molecular flexibility index (Phi) is 6.72. The van der Waals surface area contributed by atoms with Gasteiger partial charge < -0.3 is 15.1 Å². The Labute approximate surface area is 175 Å². The highest BCUT2D eigenvalue weighted by molar-refractivity contribution is 7.91. The van der Waals surface area contributed by atoms with Crippen LogP contribution >= 0.6 is 0 Å². The molecular formula is C21H25F2N3O3S. The summed E-state index contributed by atoms with van der Waals surface area (Å²) < 4.78 is 53.5. The molecule has 1 heterocycles. The number of carbonyl (C=O) groups is 1. The third kappa shape index (κ3) is 4.46. The van der Waals surface area contributed by atoms with Gasteiger partial charge in [0.1, 0.15) is 0 Å². The van der Waals surface area contributed by atoms with E-state index in [1.54, 1.807) is 19.1 Å². The predicted molar refractivity (Wildman–Crippen MR) is 112 cm³/mol. The third-order valence-electron chi connectivity index (χ3n) is 5.13. The monoisotopic (exact) mass is 437 g/mol. The Morgan fingerprint density at radius 1 is 1.10 bits per heavy atom. The number of benzene rings is 2. The molecule has 1 N–H and O–H groups in total. The largest absolute Gasteiger partial charge is 0.370 e. The van der Waals surface area contributed by atoms with Crippen molar-refractivity contribution in [1.29, 1.82) is 0 Å². The summed E-state index contributed by atoms with van der Waals surface area (Å²) in [6, 6.07) is 7.27. The van der Waals surface area contributed by atoms with Gasteiger partial charge in [0.25, 0.3) is 0 Å². The number of halogens is 2. The highest BCUT2D eigenvalue weighted by Gasteiger charge is 2.27. The molecule has 1 saturated heterocycles. The van der Waals surface area contributed by atoms with Crippen LogP contribution in [-0.2, 0) is 14.6 Å². The van der Waals surface area contributed by atoms with E-state index < -0.39 is 21.5 Å². The fourth-order valence-electron chi connectivity index (χ4n) is 3.58. The molecule has 0 spiro atoms. The average molecular weight is 438 g/mol. The lowest BCUT2D eigenvalue weighted by Gasteiger charge is -2.27. The number of hydrogen-bond acceptors (Lipinski definition) is 5. The highest BCUT2D eigenvalue weighted by atomic mass is 32.2. The molecule has 1 fully saturated rings. The van der Waals surface area contributed by atoms with Crippen LogP contribution in [-0.4, -0.2) is 47.0 Å². The van der Waals surface area contributed by atoms with Crippen molar-refractivity contribution in [2.45, 2.75) is 30.1 Å². The number of nitrogens with zero attached hydrogens (tertiary/aromatic N) is 2. The van der Waals surface area contributed by atoms with Gasteiger partial charge in [-0.15, -0.1) is 0 Å². The summed E-state index contributed by atoms with van der Waals surface area (Å²) in [4.78, 5) is 15.2. The Morgan fingerprint density at radius 2 is 1.87 bits per heavy atom. The summed E-state index contributed by atoms with van der Waals surface area (Å²) >= 11 is 0. The van der Waals surface area contributed by atoms with Crippen LogP contribution in [0.3, 0.4) is 0 Å². The molecule has 162 valence electrons. The first-order valence-corrected chi connectivity index (χ1v) is 11.3. The lowest BCUT2D eigenvalue weighted by Crippen LogP contribution is -2.31. The molecule has 0 atom stereocenters. The predicted octanol–water partition coefficient (Wildman–Crippen LogP) is 2.97. The van der Waals surface area contributed by atoms with Crippen LogP contribution in [0.25, 0.3) is 0 Å². The molecule has 0 saturated carbocycles. The van der Waals surface area contributed by atoms with Gasteiger partial charge in [-0.1, -0.05) is 0 Å². The molecule has 1 aliphatic rings. The summed E-state index contributed by atoms with van der Waals surface area (Å²) in [6.45, 7) is 6.63. The zero-order valence-electron chi connectivity index (χ0n) is 17.0. The molecule has 9 heteroatoms. The quantitative estimate of drug-likeness (QED) is 0.729. The van der Waals surface area contributed by atoms with E-state index in [1.807, 2.05) is 0 Å². The number of nitrogens with one attached hydrogen (secondary N) is 1. The lowest BCUT2D eigenvalue weighted by atomic mass is 10.2. The molecular weight excluding hydrogens is 412 g/mol. The van der Waals surface area contributed by atoms with Gasteiger partial charge in [-0.2, -0.15) is 0 Å². The fourth-order valence-corrected chi connectivity index (χ4v) is 5.03. The van der Waals surface area contributed by atoms with Gasteiger partial charge >= 0.3 is 0 Å². The number of rotatable bonds is 5. The van der Waals surface area contributed by atoms with Crippen molar-refractivity contribution in [2.75, 3.05) is 42.5 Å². The first-order chi connectivity index (χ1) is 14.3. The van der Waals surface area contributed by atoms with Crippen molar-refractivity contribution >= 4 is 27.1 Å². The minimum Gasteiger partial charge on any atom is -0.370 e. The molecule has 0 bridgehead atoms. The molecule has 30 heavy (non-hydrogen) atoms. The molecule has 2 aromatic carbocycles. The second kappa shape index (κ2) is 9.09. The van der Waals surface area contributed by atoms with Gasteiger partial charge in [0.05, 0.1) is 15.5 Å². The molecule has 1 amide bonds. The van der Waals surface area contributed by atoms with Gasteiger partial charge in [0.15, 0.2) is 11.6 Å². The second-order valence-electron chi connectivity index (χ2n) is 7.09. The molecule has 0 aromatic heterocycles. The zero-order valence-corrected chi connectivity index (χ0v) is 17.8. The summed E-state index contributed by atoms with van der Waals surface area (Å²) in [5.41, 5.74) is 1.03. The number of hydrogen-bond donors (Lipinski definition) is 1. The second-order valence-corrected chi connectivity index (χ2v) is 9.00. The Balaban J connectivity index is 2.14. The number of anilines is 2. The van der Waals surface area contributed by atoms with Crippen molar-refractivity contribution in [1.82, 2.24) is 5.32 Å². The zero-order chi connectivity index (χ0) is 21.9. The van der Waals surface area contributed by atoms with E-state index in [0.717, 1.165) is 50.4 Å². The van der Waals surface area contributed by atoms with Crippen LogP contribution in [0, 0.1) is 11.6 Å². The first-order valence-electron chi connectivity index (χ1n) is 9.83.